The first kappa shape index (κ1) is 18.7. The molecule has 1 aliphatic rings. The Bertz CT molecular complexity index is 773. The molecule has 0 spiro atoms. The number of hydrogen-bond acceptors (Lipinski definition) is 3. The first-order chi connectivity index (χ1) is 12.5. The van der Waals surface area contributed by atoms with E-state index in [1.807, 2.05) is 33.2 Å². The molecule has 4 nitrogen and oxygen atoms in total. The van der Waals surface area contributed by atoms with Gasteiger partial charge in [0.1, 0.15) is 0 Å². The van der Waals surface area contributed by atoms with Gasteiger partial charge in [-0.3, -0.25) is 4.79 Å². The van der Waals surface area contributed by atoms with Crippen molar-refractivity contribution in [3.05, 3.63) is 64.2 Å². The Morgan fingerprint density at radius 3 is 2.58 bits per heavy atom. The summed E-state index contributed by atoms with van der Waals surface area (Å²) in [4.78, 5) is 14.8. The highest BCUT2D eigenvalue weighted by atomic mass is 35.5. The van der Waals surface area contributed by atoms with Crippen LogP contribution in [-0.4, -0.2) is 33.1 Å². The van der Waals surface area contributed by atoms with Crippen molar-refractivity contribution in [2.24, 2.45) is 5.92 Å². The molecule has 0 bridgehead atoms. The van der Waals surface area contributed by atoms with E-state index in [1.165, 1.54) is 0 Å². The van der Waals surface area contributed by atoms with Crippen molar-refractivity contribution in [2.45, 2.75) is 19.4 Å². The first-order valence-electron chi connectivity index (χ1n) is 8.96. The van der Waals surface area contributed by atoms with E-state index < -0.39 is 0 Å². The molecule has 2 aromatic carbocycles. The van der Waals surface area contributed by atoms with Crippen LogP contribution in [0.3, 0.4) is 0 Å². The van der Waals surface area contributed by atoms with Crippen LogP contribution in [0.1, 0.15) is 22.6 Å². The number of halogens is 1. The average molecular weight is 372 g/mol. The van der Waals surface area contributed by atoms with Crippen molar-refractivity contribution in [3.8, 4) is 0 Å². The predicted molar refractivity (Wildman–Crippen MR) is 108 cm³/mol. The molecule has 2 atom stereocenters. The summed E-state index contributed by atoms with van der Waals surface area (Å²) >= 11 is 6.27. The summed E-state index contributed by atoms with van der Waals surface area (Å²) in [5.41, 5.74) is 4.44. The molecule has 1 saturated heterocycles. The lowest BCUT2D eigenvalue weighted by molar-refractivity contribution is -0.125. The molecule has 1 aliphatic heterocycles. The Balaban J connectivity index is 1.63. The number of carbonyl (C=O) groups excluding carboxylic acids is 1. The Hall–Kier alpha value is -2.04. The topological polar surface area (TPSA) is 44.4 Å². The van der Waals surface area contributed by atoms with Crippen molar-refractivity contribution in [3.63, 3.8) is 0 Å². The van der Waals surface area contributed by atoms with Crippen LogP contribution >= 0.6 is 11.6 Å². The van der Waals surface area contributed by atoms with Crippen LogP contribution in [0.2, 0.25) is 5.02 Å². The van der Waals surface area contributed by atoms with Crippen molar-refractivity contribution in [2.75, 3.05) is 32.1 Å². The molecule has 0 saturated carbocycles. The summed E-state index contributed by atoms with van der Waals surface area (Å²) in [6.45, 7) is 4.03. The SMILES string of the molecule is Cc1ccc([C@@H]2CNC[C@H]2C(=O)NCc2ccc(N(C)C)cc2)cc1Cl. The van der Waals surface area contributed by atoms with Gasteiger partial charge in [-0.2, -0.15) is 0 Å². The predicted octanol–water partition coefficient (Wildman–Crippen LogP) is 3.33. The molecular formula is C21H26ClN3O. The third-order valence-corrected chi connectivity index (χ3v) is 5.50. The minimum Gasteiger partial charge on any atom is -0.378 e. The Morgan fingerprint density at radius 2 is 1.92 bits per heavy atom. The van der Waals surface area contributed by atoms with Crippen LogP contribution in [0.4, 0.5) is 5.69 Å². The van der Waals surface area contributed by atoms with Gasteiger partial charge in [-0.25, -0.2) is 0 Å². The third kappa shape index (κ3) is 4.19. The zero-order valence-corrected chi connectivity index (χ0v) is 16.3. The maximum Gasteiger partial charge on any atom is 0.225 e. The fraction of sp³-hybridized carbons (Fsp3) is 0.381. The molecule has 0 aromatic heterocycles. The number of carbonyl (C=O) groups is 1. The summed E-state index contributed by atoms with van der Waals surface area (Å²) < 4.78 is 0. The Labute approximate surface area is 160 Å². The van der Waals surface area contributed by atoms with Gasteiger partial charge in [-0.05, 0) is 41.8 Å². The molecule has 138 valence electrons. The standard InChI is InChI=1S/C21H26ClN3O/c1-14-4-7-16(10-20(14)22)18-12-23-13-19(18)21(26)24-11-15-5-8-17(9-6-15)25(2)3/h4-10,18-19,23H,11-13H2,1-3H3,(H,24,26)/t18-,19+/m0/s1. The highest BCUT2D eigenvalue weighted by Crippen LogP contribution is 2.31. The fourth-order valence-electron chi connectivity index (χ4n) is 3.38. The molecule has 2 aromatic rings. The third-order valence-electron chi connectivity index (χ3n) is 5.09. The van der Waals surface area contributed by atoms with Crippen molar-refractivity contribution >= 4 is 23.2 Å². The molecular weight excluding hydrogens is 346 g/mol. The summed E-state index contributed by atoms with van der Waals surface area (Å²) in [6, 6.07) is 14.3. The van der Waals surface area contributed by atoms with E-state index in [-0.39, 0.29) is 17.7 Å². The lowest BCUT2D eigenvalue weighted by atomic mass is 9.88. The number of amides is 1. The van der Waals surface area contributed by atoms with Gasteiger partial charge in [0, 0.05) is 50.4 Å². The monoisotopic (exact) mass is 371 g/mol. The molecule has 2 N–H and O–H groups in total. The van der Waals surface area contributed by atoms with E-state index in [1.54, 1.807) is 0 Å². The summed E-state index contributed by atoms with van der Waals surface area (Å²) in [6.07, 6.45) is 0. The van der Waals surface area contributed by atoms with Crippen LogP contribution < -0.4 is 15.5 Å². The van der Waals surface area contributed by atoms with Gasteiger partial charge in [0.05, 0.1) is 5.92 Å². The first-order valence-corrected chi connectivity index (χ1v) is 9.34. The fourth-order valence-corrected chi connectivity index (χ4v) is 3.57. The number of aryl methyl sites for hydroxylation is 1. The minimum atomic E-state index is -0.0742. The maximum absolute atomic E-state index is 12.7. The molecule has 1 fully saturated rings. The normalized spacial score (nSPS) is 19.4. The van der Waals surface area contributed by atoms with Gasteiger partial charge in [0.2, 0.25) is 5.91 Å². The van der Waals surface area contributed by atoms with E-state index in [9.17, 15) is 4.79 Å². The number of anilines is 1. The Morgan fingerprint density at radius 1 is 1.19 bits per heavy atom. The lowest BCUT2D eigenvalue weighted by Gasteiger charge is -2.19. The second kappa shape index (κ2) is 8.11. The highest BCUT2D eigenvalue weighted by molar-refractivity contribution is 6.31. The highest BCUT2D eigenvalue weighted by Gasteiger charge is 2.33. The number of nitrogens with zero attached hydrogens (tertiary/aromatic N) is 1. The van der Waals surface area contributed by atoms with Gasteiger partial charge < -0.3 is 15.5 Å². The molecule has 26 heavy (non-hydrogen) atoms. The van der Waals surface area contributed by atoms with E-state index in [2.05, 4.69) is 45.9 Å². The maximum atomic E-state index is 12.7. The molecule has 0 radical (unpaired) electrons. The van der Waals surface area contributed by atoms with Crippen LogP contribution in [0.25, 0.3) is 0 Å². The Kier molecular flexibility index (Phi) is 5.84. The van der Waals surface area contributed by atoms with Crippen molar-refractivity contribution in [1.82, 2.24) is 10.6 Å². The van der Waals surface area contributed by atoms with E-state index >= 15 is 0 Å². The number of rotatable bonds is 5. The zero-order valence-electron chi connectivity index (χ0n) is 15.6. The van der Waals surface area contributed by atoms with Crippen LogP contribution in [0, 0.1) is 12.8 Å². The second-order valence-electron chi connectivity index (χ2n) is 7.16. The van der Waals surface area contributed by atoms with Gasteiger partial charge >= 0.3 is 0 Å². The van der Waals surface area contributed by atoms with Crippen LogP contribution in [-0.2, 0) is 11.3 Å². The van der Waals surface area contributed by atoms with E-state index in [4.69, 9.17) is 11.6 Å². The number of nitrogens with one attached hydrogen (secondary N) is 2. The molecule has 0 unspecified atom stereocenters. The summed E-state index contributed by atoms with van der Waals surface area (Å²) in [5, 5.41) is 7.19. The number of hydrogen-bond donors (Lipinski definition) is 2. The largest absolute Gasteiger partial charge is 0.378 e. The second-order valence-corrected chi connectivity index (χ2v) is 7.57. The zero-order chi connectivity index (χ0) is 18.7. The lowest BCUT2D eigenvalue weighted by Crippen LogP contribution is -2.34. The minimum absolute atomic E-state index is 0.0742. The van der Waals surface area contributed by atoms with E-state index in [0.717, 1.165) is 33.9 Å². The molecule has 3 rings (SSSR count). The average Bonchev–Trinajstić information content (AvgIpc) is 3.12. The molecule has 1 heterocycles. The van der Waals surface area contributed by atoms with Gasteiger partial charge in [-0.15, -0.1) is 0 Å². The van der Waals surface area contributed by atoms with Gasteiger partial charge in [-0.1, -0.05) is 35.9 Å². The van der Waals surface area contributed by atoms with E-state index in [0.29, 0.717) is 13.1 Å². The van der Waals surface area contributed by atoms with Crippen LogP contribution in [0.15, 0.2) is 42.5 Å². The smallest absolute Gasteiger partial charge is 0.225 e. The summed E-state index contributed by atoms with van der Waals surface area (Å²) in [7, 11) is 4.03. The molecule has 5 heteroatoms. The summed E-state index contributed by atoms with van der Waals surface area (Å²) in [5.74, 6) is 0.174. The quantitative estimate of drug-likeness (QED) is 0.847. The molecule has 1 amide bonds. The van der Waals surface area contributed by atoms with Gasteiger partial charge in [0.25, 0.3) is 0 Å². The van der Waals surface area contributed by atoms with Crippen molar-refractivity contribution in [1.29, 1.82) is 0 Å². The van der Waals surface area contributed by atoms with Crippen LogP contribution in [0.5, 0.6) is 0 Å². The number of benzene rings is 2. The van der Waals surface area contributed by atoms with Gasteiger partial charge in [0.15, 0.2) is 0 Å². The van der Waals surface area contributed by atoms with Crippen molar-refractivity contribution < 1.29 is 4.79 Å². The molecule has 0 aliphatic carbocycles.